The number of benzene rings is 2. The largest absolute Gasteiger partial charge is 0.337 e. The van der Waals surface area contributed by atoms with E-state index in [1.54, 1.807) is 24.5 Å². The van der Waals surface area contributed by atoms with E-state index in [0.717, 1.165) is 33.4 Å². The summed E-state index contributed by atoms with van der Waals surface area (Å²) in [6.45, 7) is 7.60. The van der Waals surface area contributed by atoms with Crippen LogP contribution in [0, 0.1) is 0 Å². The average Bonchev–Trinajstić information content (AvgIpc) is 3.45. The number of hydrogen-bond donors (Lipinski definition) is 3. The van der Waals surface area contributed by atoms with Gasteiger partial charge in [0.2, 0.25) is 0 Å². The summed E-state index contributed by atoms with van der Waals surface area (Å²) in [5.74, 6) is 1.93. The van der Waals surface area contributed by atoms with Gasteiger partial charge in [-0.05, 0) is 29.0 Å². The Labute approximate surface area is 178 Å². The van der Waals surface area contributed by atoms with Crippen molar-refractivity contribution in [3.63, 3.8) is 0 Å². The van der Waals surface area contributed by atoms with E-state index in [-0.39, 0.29) is 0 Å². The highest BCUT2D eigenvalue weighted by Gasteiger charge is 2.15. The SMILES string of the molecule is C=Cc1nc(-c2[nH]ncc2Nc2ccnc(-c3cccc4ccccc34)n2)[nH]c1C=C. The predicted octanol–water partition coefficient (Wildman–Crippen LogP) is 5.44. The van der Waals surface area contributed by atoms with Gasteiger partial charge in [-0.25, -0.2) is 15.0 Å². The lowest BCUT2D eigenvalue weighted by Gasteiger charge is -2.08. The van der Waals surface area contributed by atoms with Crippen LogP contribution in [0.4, 0.5) is 11.5 Å². The van der Waals surface area contributed by atoms with Crippen LogP contribution in [0.25, 0.3) is 45.8 Å². The van der Waals surface area contributed by atoms with Crippen LogP contribution in [-0.2, 0) is 0 Å². The minimum atomic E-state index is 0.633. The second-order valence-electron chi connectivity index (χ2n) is 6.87. The van der Waals surface area contributed by atoms with Crippen molar-refractivity contribution in [3.05, 3.63) is 85.5 Å². The monoisotopic (exact) mass is 405 g/mol. The van der Waals surface area contributed by atoms with Gasteiger partial charge in [0.25, 0.3) is 0 Å². The zero-order valence-corrected chi connectivity index (χ0v) is 16.6. The standard InChI is InChI=1S/C24H19N7/c1-3-18-19(4-2)29-24(28-18)22-20(14-26-31-22)27-21-12-13-25-23(30-21)17-11-7-9-15-8-5-6-10-16(15)17/h3-14H,1-2H2,(H,26,31)(H,28,29)(H,25,27,30). The second kappa shape index (κ2) is 7.72. The molecule has 0 aliphatic carbocycles. The average molecular weight is 405 g/mol. The summed E-state index contributed by atoms with van der Waals surface area (Å²) < 4.78 is 0. The van der Waals surface area contributed by atoms with E-state index < -0.39 is 0 Å². The second-order valence-corrected chi connectivity index (χ2v) is 6.87. The van der Waals surface area contributed by atoms with E-state index >= 15 is 0 Å². The molecular weight excluding hydrogens is 386 g/mol. The minimum absolute atomic E-state index is 0.633. The summed E-state index contributed by atoms with van der Waals surface area (Å²) in [6, 6.07) is 16.1. The van der Waals surface area contributed by atoms with Crippen molar-refractivity contribution in [3.8, 4) is 22.9 Å². The maximum Gasteiger partial charge on any atom is 0.162 e. The molecule has 150 valence electrons. The summed E-state index contributed by atoms with van der Waals surface area (Å²) >= 11 is 0. The quantitative estimate of drug-likeness (QED) is 0.350. The molecule has 0 unspecified atom stereocenters. The molecule has 0 fully saturated rings. The van der Waals surface area contributed by atoms with Gasteiger partial charge < -0.3 is 10.3 Å². The number of aromatic nitrogens is 6. The van der Waals surface area contributed by atoms with Crippen molar-refractivity contribution in [1.82, 2.24) is 30.1 Å². The maximum absolute atomic E-state index is 4.73. The predicted molar refractivity (Wildman–Crippen MR) is 125 cm³/mol. The molecule has 7 heteroatoms. The van der Waals surface area contributed by atoms with Crippen LogP contribution in [0.1, 0.15) is 11.4 Å². The molecule has 0 amide bonds. The van der Waals surface area contributed by atoms with Crippen LogP contribution in [0.15, 0.2) is 74.1 Å². The van der Waals surface area contributed by atoms with E-state index in [1.807, 2.05) is 30.3 Å². The number of H-pyrrole nitrogens is 2. The maximum atomic E-state index is 4.73. The summed E-state index contributed by atoms with van der Waals surface area (Å²) in [4.78, 5) is 17.0. The van der Waals surface area contributed by atoms with E-state index in [1.165, 1.54) is 0 Å². The highest BCUT2D eigenvalue weighted by atomic mass is 15.2. The third kappa shape index (κ3) is 3.38. The van der Waals surface area contributed by atoms with Gasteiger partial charge in [-0.3, -0.25) is 5.10 Å². The van der Waals surface area contributed by atoms with Gasteiger partial charge in [0.05, 0.1) is 23.3 Å². The Morgan fingerprint density at radius 3 is 2.65 bits per heavy atom. The Balaban J connectivity index is 1.50. The lowest BCUT2D eigenvalue weighted by atomic mass is 10.0. The van der Waals surface area contributed by atoms with Crippen LogP contribution in [0.5, 0.6) is 0 Å². The van der Waals surface area contributed by atoms with Crippen molar-refractivity contribution >= 4 is 34.4 Å². The number of anilines is 2. The molecule has 0 bridgehead atoms. The molecule has 0 saturated carbocycles. The summed E-state index contributed by atoms with van der Waals surface area (Å²) in [5, 5.41) is 12.7. The highest BCUT2D eigenvalue weighted by molar-refractivity contribution is 5.95. The molecule has 31 heavy (non-hydrogen) atoms. The van der Waals surface area contributed by atoms with E-state index in [2.05, 4.69) is 61.8 Å². The molecule has 2 aromatic carbocycles. The summed E-state index contributed by atoms with van der Waals surface area (Å²) in [5.41, 5.74) is 3.95. The first-order chi connectivity index (χ1) is 15.3. The number of fused-ring (bicyclic) bond motifs is 1. The van der Waals surface area contributed by atoms with Gasteiger partial charge >= 0.3 is 0 Å². The molecule has 0 saturated heterocycles. The first-order valence-corrected chi connectivity index (χ1v) is 9.73. The molecule has 0 aliphatic heterocycles. The Morgan fingerprint density at radius 1 is 0.935 bits per heavy atom. The highest BCUT2D eigenvalue weighted by Crippen LogP contribution is 2.29. The van der Waals surface area contributed by atoms with Crippen molar-refractivity contribution in [2.75, 3.05) is 5.32 Å². The molecule has 0 atom stereocenters. The molecule has 3 heterocycles. The molecule has 0 aliphatic rings. The Bertz CT molecular complexity index is 1380. The molecule has 5 rings (SSSR count). The van der Waals surface area contributed by atoms with Gasteiger partial charge in [-0.2, -0.15) is 5.10 Å². The van der Waals surface area contributed by atoms with E-state index in [0.29, 0.717) is 23.2 Å². The first-order valence-electron chi connectivity index (χ1n) is 9.73. The number of hydrogen-bond acceptors (Lipinski definition) is 5. The third-order valence-corrected chi connectivity index (χ3v) is 4.98. The Kier molecular flexibility index (Phi) is 4.61. The topological polar surface area (TPSA) is 95.2 Å². The molecule has 3 N–H and O–H groups in total. The number of nitrogens with one attached hydrogen (secondary N) is 3. The fourth-order valence-corrected chi connectivity index (χ4v) is 3.51. The van der Waals surface area contributed by atoms with Gasteiger partial charge in [0.1, 0.15) is 11.5 Å². The van der Waals surface area contributed by atoms with Crippen LogP contribution < -0.4 is 5.32 Å². The zero-order chi connectivity index (χ0) is 21.2. The van der Waals surface area contributed by atoms with Crippen LogP contribution in [-0.4, -0.2) is 30.1 Å². The van der Waals surface area contributed by atoms with Crippen molar-refractivity contribution < 1.29 is 0 Å². The van der Waals surface area contributed by atoms with E-state index in [9.17, 15) is 0 Å². The normalized spacial score (nSPS) is 10.8. The molecule has 0 radical (unpaired) electrons. The fraction of sp³-hybridized carbons (Fsp3) is 0. The molecule has 7 nitrogen and oxygen atoms in total. The number of nitrogens with zero attached hydrogens (tertiary/aromatic N) is 4. The van der Waals surface area contributed by atoms with Crippen molar-refractivity contribution in [1.29, 1.82) is 0 Å². The number of imidazole rings is 1. The fourth-order valence-electron chi connectivity index (χ4n) is 3.51. The number of rotatable bonds is 6. The van der Waals surface area contributed by atoms with Gasteiger partial charge in [0.15, 0.2) is 11.6 Å². The Morgan fingerprint density at radius 2 is 1.81 bits per heavy atom. The van der Waals surface area contributed by atoms with E-state index in [4.69, 9.17) is 4.98 Å². The van der Waals surface area contributed by atoms with Gasteiger partial charge in [-0.1, -0.05) is 55.6 Å². The summed E-state index contributed by atoms with van der Waals surface area (Å²) in [6.07, 6.45) is 6.82. The van der Waals surface area contributed by atoms with Crippen LogP contribution in [0.3, 0.4) is 0 Å². The first kappa shape index (κ1) is 18.5. The molecule has 5 aromatic rings. The molecular formula is C24H19N7. The van der Waals surface area contributed by atoms with Crippen LogP contribution in [0.2, 0.25) is 0 Å². The van der Waals surface area contributed by atoms with Crippen molar-refractivity contribution in [2.45, 2.75) is 0 Å². The lowest BCUT2D eigenvalue weighted by molar-refractivity contribution is 1.08. The van der Waals surface area contributed by atoms with Gasteiger partial charge in [-0.15, -0.1) is 0 Å². The smallest absolute Gasteiger partial charge is 0.162 e. The van der Waals surface area contributed by atoms with Gasteiger partial charge in [0, 0.05) is 11.8 Å². The summed E-state index contributed by atoms with van der Waals surface area (Å²) in [7, 11) is 0. The zero-order valence-electron chi connectivity index (χ0n) is 16.6. The molecule has 0 spiro atoms. The minimum Gasteiger partial charge on any atom is -0.337 e. The third-order valence-electron chi connectivity index (χ3n) is 4.98. The lowest BCUT2D eigenvalue weighted by Crippen LogP contribution is -1.98. The number of aromatic amines is 2. The Hall–Kier alpha value is -4.52. The molecule has 3 aromatic heterocycles. The van der Waals surface area contributed by atoms with Crippen molar-refractivity contribution in [2.24, 2.45) is 0 Å². The van der Waals surface area contributed by atoms with Crippen LogP contribution >= 0.6 is 0 Å².